The number of anilines is 1. The van der Waals surface area contributed by atoms with Gasteiger partial charge in [-0.1, -0.05) is 78.0 Å². The summed E-state index contributed by atoms with van der Waals surface area (Å²) in [7, 11) is 0. The quantitative estimate of drug-likeness (QED) is 0.219. The summed E-state index contributed by atoms with van der Waals surface area (Å²) in [5.74, 6) is 1.60. The lowest BCUT2D eigenvalue weighted by atomic mass is 9.82. The summed E-state index contributed by atoms with van der Waals surface area (Å²) in [6.07, 6.45) is 3.18. The molecular formula is C28H26N4O2. The molecule has 0 radical (unpaired) electrons. The summed E-state index contributed by atoms with van der Waals surface area (Å²) < 4.78 is 5.87. The topological polar surface area (TPSA) is 79.6 Å². The summed E-state index contributed by atoms with van der Waals surface area (Å²) in [6.45, 7) is 1.06. The van der Waals surface area contributed by atoms with E-state index in [2.05, 4.69) is 51.9 Å². The van der Waals surface area contributed by atoms with E-state index in [1.807, 2.05) is 48.5 Å². The fraction of sp³-hybridized carbons (Fsp3) is 0.179. The van der Waals surface area contributed by atoms with Gasteiger partial charge >= 0.3 is 0 Å². The van der Waals surface area contributed by atoms with E-state index in [0.717, 1.165) is 29.0 Å². The van der Waals surface area contributed by atoms with E-state index in [-0.39, 0.29) is 5.92 Å². The van der Waals surface area contributed by atoms with Crippen molar-refractivity contribution >= 4 is 11.7 Å². The molecule has 0 aliphatic heterocycles. The van der Waals surface area contributed by atoms with Gasteiger partial charge in [0.25, 0.3) is 0 Å². The first-order valence-corrected chi connectivity index (χ1v) is 11.4. The van der Waals surface area contributed by atoms with E-state index in [9.17, 15) is 5.21 Å². The van der Waals surface area contributed by atoms with Crippen molar-refractivity contribution in [3.63, 3.8) is 0 Å². The number of hydrogen-bond acceptors (Lipinski definition) is 6. The third-order valence-electron chi connectivity index (χ3n) is 6.07. The molecule has 4 aromatic rings. The van der Waals surface area contributed by atoms with Crippen molar-refractivity contribution in [2.75, 3.05) is 18.5 Å². The third kappa shape index (κ3) is 4.91. The Kier molecular flexibility index (Phi) is 6.47. The van der Waals surface area contributed by atoms with Gasteiger partial charge < -0.3 is 15.3 Å². The second-order valence-corrected chi connectivity index (χ2v) is 8.28. The molecule has 170 valence electrons. The van der Waals surface area contributed by atoms with Crippen molar-refractivity contribution in [3.8, 4) is 16.9 Å². The molecule has 1 unspecified atom stereocenters. The number of nitrogens with one attached hydrogen (secondary N) is 1. The Morgan fingerprint density at radius 3 is 2.32 bits per heavy atom. The van der Waals surface area contributed by atoms with Crippen molar-refractivity contribution < 1.29 is 9.94 Å². The first kappa shape index (κ1) is 21.6. The number of fused-ring (bicyclic) bond motifs is 1. The van der Waals surface area contributed by atoms with Crippen LogP contribution in [0.3, 0.4) is 0 Å². The van der Waals surface area contributed by atoms with Crippen LogP contribution < -0.4 is 10.1 Å². The number of aromatic nitrogens is 2. The third-order valence-corrected chi connectivity index (χ3v) is 6.07. The number of benzene rings is 3. The Morgan fingerprint density at radius 2 is 1.59 bits per heavy atom. The minimum Gasteiger partial charge on any atom is -0.492 e. The molecule has 6 nitrogen and oxygen atoms in total. The molecule has 1 aromatic heterocycles. The molecule has 5 rings (SSSR count). The summed E-state index contributed by atoms with van der Waals surface area (Å²) in [5.41, 5.74) is 5.90. The standard InChI is InChI=1S/C28H26N4O2/c33-32-27-18-23(21-9-5-2-6-10-21)17-26-25(27)19-30-28(31-26)29-15-16-34-24-13-11-22(12-14-24)20-7-3-1-4-8-20/h1-14,19,23,33H,15-18H2,(H,29,30,31)/b32-27+. The Bertz CT molecular complexity index is 1260. The first-order chi connectivity index (χ1) is 16.8. The van der Waals surface area contributed by atoms with Gasteiger partial charge in [-0.05, 0) is 41.2 Å². The van der Waals surface area contributed by atoms with Gasteiger partial charge in [0, 0.05) is 18.2 Å². The predicted octanol–water partition coefficient (Wildman–Crippen LogP) is 5.54. The molecular weight excluding hydrogens is 424 g/mol. The first-order valence-electron chi connectivity index (χ1n) is 11.4. The van der Waals surface area contributed by atoms with E-state index in [4.69, 9.17) is 9.72 Å². The fourth-order valence-corrected chi connectivity index (χ4v) is 4.31. The fourth-order valence-electron chi connectivity index (χ4n) is 4.31. The van der Waals surface area contributed by atoms with Crippen molar-refractivity contribution in [2.45, 2.75) is 18.8 Å². The summed E-state index contributed by atoms with van der Waals surface area (Å²) in [6, 6.07) is 28.6. The molecule has 2 N–H and O–H groups in total. The summed E-state index contributed by atoms with van der Waals surface area (Å²) in [5, 5.41) is 16.3. The van der Waals surface area contributed by atoms with Crippen LogP contribution in [0.15, 0.2) is 96.3 Å². The lowest BCUT2D eigenvalue weighted by Crippen LogP contribution is -2.22. The molecule has 1 aliphatic carbocycles. The molecule has 1 heterocycles. The van der Waals surface area contributed by atoms with Gasteiger partial charge in [-0.2, -0.15) is 0 Å². The van der Waals surface area contributed by atoms with Crippen molar-refractivity contribution in [3.05, 3.63) is 108 Å². The zero-order valence-corrected chi connectivity index (χ0v) is 18.8. The predicted molar refractivity (Wildman–Crippen MR) is 134 cm³/mol. The minimum atomic E-state index is 0.226. The Morgan fingerprint density at radius 1 is 0.882 bits per heavy atom. The average molecular weight is 451 g/mol. The van der Waals surface area contributed by atoms with E-state index in [1.165, 1.54) is 11.1 Å². The highest BCUT2D eigenvalue weighted by molar-refractivity contribution is 6.02. The Labute approximate surface area is 199 Å². The molecule has 0 saturated carbocycles. The molecule has 1 aliphatic rings. The largest absolute Gasteiger partial charge is 0.492 e. The van der Waals surface area contributed by atoms with Gasteiger partial charge in [0.15, 0.2) is 0 Å². The van der Waals surface area contributed by atoms with Crippen molar-refractivity contribution in [2.24, 2.45) is 5.16 Å². The van der Waals surface area contributed by atoms with Crippen LogP contribution in [0, 0.1) is 0 Å². The van der Waals surface area contributed by atoms with Gasteiger partial charge in [0.1, 0.15) is 12.4 Å². The zero-order valence-electron chi connectivity index (χ0n) is 18.8. The molecule has 6 heteroatoms. The maximum atomic E-state index is 9.54. The van der Waals surface area contributed by atoms with Gasteiger partial charge in [0.05, 0.1) is 18.0 Å². The Balaban J connectivity index is 1.18. The smallest absolute Gasteiger partial charge is 0.223 e. The molecule has 3 aromatic carbocycles. The van der Waals surface area contributed by atoms with E-state index in [1.54, 1.807) is 6.20 Å². The second-order valence-electron chi connectivity index (χ2n) is 8.28. The number of nitrogens with zero attached hydrogens (tertiary/aromatic N) is 3. The highest BCUT2D eigenvalue weighted by atomic mass is 16.5. The van der Waals surface area contributed by atoms with Gasteiger partial charge in [0.2, 0.25) is 5.95 Å². The second kappa shape index (κ2) is 10.2. The van der Waals surface area contributed by atoms with Crippen LogP contribution in [-0.4, -0.2) is 34.0 Å². The zero-order chi connectivity index (χ0) is 23.2. The normalized spacial score (nSPS) is 16.1. The van der Waals surface area contributed by atoms with Crippen LogP contribution in [0.1, 0.15) is 29.2 Å². The van der Waals surface area contributed by atoms with E-state index in [0.29, 0.717) is 31.2 Å². The van der Waals surface area contributed by atoms with Crippen LogP contribution in [0.2, 0.25) is 0 Å². The van der Waals surface area contributed by atoms with E-state index < -0.39 is 0 Å². The average Bonchev–Trinajstić information content (AvgIpc) is 2.91. The maximum Gasteiger partial charge on any atom is 0.223 e. The van der Waals surface area contributed by atoms with Gasteiger partial charge in [-0.15, -0.1) is 0 Å². The molecule has 0 spiro atoms. The van der Waals surface area contributed by atoms with Crippen molar-refractivity contribution in [1.29, 1.82) is 0 Å². The molecule has 0 bridgehead atoms. The molecule has 1 atom stereocenters. The lowest BCUT2D eigenvalue weighted by molar-refractivity contribution is 0.316. The van der Waals surface area contributed by atoms with Crippen LogP contribution in [0.4, 0.5) is 5.95 Å². The molecule has 34 heavy (non-hydrogen) atoms. The highest BCUT2D eigenvalue weighted by Crippen LogP contribution is 2.32. The number of ether oxygens (including phenoxy) is 1. The number of oxime groups is 1. The van der Waals surface area contributed by atoms with E-state index >= 15 is 0 Å². The SMILES string of the molecule is O/N=C1\CC(c2ccccc2)Cc2nc(NCCOc3ccc(-c4ccccc4)cc3)ncc21. The number of hydrogen-bond donors (Lipinski definition) is 2. The summed E-state index contributed by atoms with van der Waals surface area (Å²) >= 11 is 0. The van der Waals surface area contributed by atoms with Gasteiger partial charge in [-0.3, -0.25) is 0 Å². The van der Waals surface area contributed by atoms with Crippen LogP contribution >= 0.6 is 0 Å². The maximum absolute atomic E-state index is 9.54. The lowest BCUT2D eigenvalue weighted by Gasteiger charge is -2.25. The molecule has 0 saturated heterocycles. The number of rotatable bonds is 7. The van der Waals surface area contributed by atoms with Crippen LogP contribution in [0.25, 0.3) is 11.1 Å². The van der Waals surface area contributed by atoms with Crippen molar-refractivity contribution in [1.82, 2.24) is 9.97 Å². The minimum absolute atomic E-state index is 0.226. The summed E-state index contributed by atoms with van der Waals surface area (Å²) in [4.78, 5) is 9.12. The Hall–Kier alpha value is -4.19. The van der Waals surface area contributed by atoms with Crippen LogP contribution in [0.5, 0.6) is 5.75 Å². The molecule has 0 fully saturated rings. The van der Waals surface area contributed by atoms with Crippen LogP contribution in [-0.2, 0) is 6.42 Å². The monoisotopic (exact) mass is 450 g/mol. The molecule has 0 amide bonds. The highest BCUT2D eigenvalue weighted by Gasteiger charge is 2.27. The van der Waals surface area contributed by atoms with Gasteiger partial charge in [-0.25, -0.2) is 9.97 Å².